The molecule has 2 N–H and O–H groups in total. The molecule has 4 aliphatic heterocycles. The molecule has 4 aliphatic rings. The zero-order chi connectivity index (χ0) is 29.5. The van der Waals surface area contributed by atoms with Crippen molar-refractivity contribution in [2.75, 3.05) is 82.2 Å². The maximum atomic E-state index is 6.46. The van der Waals surface area contributed by atoms with Gasteiger partial charge in [-0.05, 0) is 62.4 Å². The van der Waals surface area contributed by atoms with Gasteiger partial charge in [0.05, 0.1) is 19.0 Å². The molecular formula is C32H40ClN7O3. The van der Waals surface area contributed by atoms with Crippen molar-refractivity contribution in [2.24, 2.45) is 11.8 Å². The second kappa shape index (κ2) is 11.9. The zero-order valence-electron chi connectivity index (χ0n) is 25.1. The number of piperidine rings is 1. The van der Waals surface area contributed by atoms with Crippen molar-refractivity contribution >= 4 is 40.4 Å². The first-order chi connectivity index (χ1) is 20.9. The summed E-state index contributed by atoms with van der Waals surface area (Å²) in [5.74, 6) is 4.79. The summed E-state index contributed by atoms with van der Waals surface area (Å²) in [5.41, 5.74) is 4.00. The average molecular weight is 606 g/mol. The Bertz CT molecular complexity index is 1470. The van der Waals surface area contributed by atoms with Gasteiger partial charge in [-0.3, -0.25) is 4.90 Å². The predicted molar refractivity (Wildman–Crippen MR) is 170 cm³/mol. The normalized spacial score (nSPS) is 22.5. The number of likely N-dealkylation sites (tertiary alicyclic amines) is 2. The Kier molecular flexibility index (Phi) is 7.83. The number of methoxy groups -OCH3 is 1. The van der Waals surface area contributed by atoms with Gasteiger partial charge >= 0.3 is 0 Å². The predicted octanol–water partition coefficient (Wildman–Crippen LogP) is 5.17. The van der Waals surface area contributed by atoms with Crippen molar-refractivity contribution in [3.05, 3.63) is 47.1 Å². The van der Waals surface area contributed by atoms with Gasteiger partial charge in [-0.1, -0.05) is 11.6 Å². The van der Waals surface area contributed by atoms with E-state index in [1.54, 1.807) is 13.3 Å². The van der Waals surface area contributed by atoms with Crippen molar-refractivity contribution in [3.8, 4) is 17.2 Å². The van der Waals surface area contributed by atoms with Crippen molar-refractivity contribution < 1.29 is 14.2 Å². The molecule has 0 unspecified atom stereocenters. The van der Waals surface area contributed by atoms with Crippen LogP contribution in [0, 0.1) is 18.8 Å². The van der Waals surface area contributed by atoms with E-state index < -0.39 is 0 Å². The molecule has 0 spiro atoms. The molecule has 0 radical (unpaired) electrons. The summed E-state index contributed by atoms with van der Waals surface area (Å²) in [5, 5.41) is 7.03. The Morgan fingerprint density at radius 1 is 0.953 bits per heavy atom. The third-order valence-corrected chi connectivity index (χ3v) is 9.61. The molecule has 10 nitrogen and oxygen atoms in total. The van der Waals surface area contributed by atoms with Crippen molar-refractivity contribution in [1.29, 1.82) is 0 Å². The molecular weight excluding hydrogens is 566 g/mol. The standard InChI is InChI=1S/C32H40ClN7O3/c1-20-12-26(36-32-34-15-25(33)31(37-32)35-23-4-5-28-30(13-23)43-11-10-42-28)29(41-3)14-27(20)39-8-6-24(7-9-39)40-18-21-16-38(2)17-22(21)19-40/h4-5,12-15,21-22,24H,6-11,16-19H2,1-3H3,(H2,34,35,36,37)/t21-,22+. The number of nitrogens with one attached hydrogen (secondary N) is 2. The highest BCUT2D eigenvalue weighted by atomic mass is 35.5. The van der Waals surface area contributed by atoms with Crippen LogP contribution in [0.1, 0.15) is 18.4 Å². The van der Waals surface area contributed by atoms with Crippen LogP contribution in [0.3, 0.4) is 0 Å². The van der Waals surface area contributed by atoms with Crippen LogP contribution in [0.15, 0.2) is 36.5 Å². The van der Waals surface area contributed by atoms with Crippen LogP contribution < -0.4 is 29.7 Å². The lowest BCUT2D eigenvalue weighted by Crippen LogP contribution is -2.45. The fourth-order valence-corrected chi connectivity index (χ4v) is 7.35. The Morgan fingerprint density at radius 2 is 1.70 bits per heavy atom. The molecule has 2 aromatic carbocycles. The fraction of sp³-hybridized carbons (Fsp3) is 0.500. The highest BCUT2D eigenvalue weighted by Crippen LogP contribution is 2.39. The Morgan fingerprint density at radius 3 is 2.44 bits per heavy atom. The van der Waals surface area contributed by atoms with E-state index in [1.165, 1.54) is 50.3 Å². The summed E-state index contributed by atoms with van der Waals surface area (Å²) < 4.78 is 17.2. The molecule has 7 rings (SSSR count). The summed E-state index contributed by atoms with van der Waals surface area (Å²) in [6.07, 6.45) is 3.99. The van der Waals surface area contributed by atoms with Gasteiger partial charge in [0.15, 0.2) is 17.3 Å². The van der Waals surface area contributed by atoms with Gasteiger partial charge in [0.1, 0.15) is 24.0 Å². The first kappa shape index (κ1) is 28.3. The number of halogens is 1. The van der Waals surface area contributed by atoms with Gasteiger partial charge < -0.3 is 34.6 Å². The van der Waals surface area contributed by atoms with Crippen LogP contribution >= 0.6 is 11.6 Å². The molecule has 3 fully saturated rings. The van der Waals surface area contributed by atoms with Crippen LogP contribution in [0.5, 0.6) is 17.2 Å². The number of hydrogen-bond acceptors (Lipinski definition) is 10. The van der Waals surface area contributed by atoms with Crippen LogP contribution in [-0.4, -0.2) is 92.4 Å². The van der Waals surface area contributed by atoms with Gasteiger partial charge in [0, 0.05) is 68.8 Å². The number of fused-ring (bicyclic) bond motifs is 2. The number of rotatable bonds is 7. The summed E-state index contributed by atoms with van der Waals surface area (Å²) in [6.45, 7) is 10.4. The van der Waals surface area contributed by atoms with Gasteiger partial charge in [0.2, 0.25) is 5.95 Å². The minimum Gasteiger partial charge on any atom is -0.494 e. The third-order valence-electron chi connectivity index (χ3n) is 9.33. The Balaban J connectivity index is 1.02. The maximum absolute atomic E-state index is 6.46. The molecule has 5 heterocycles. The topological polar surface area (TPSA) is 87.3 Å². The molecule has 0 bridgehead atoms. The molecule has 3 aromatic rings. The molecule has 43 heavy (non-hydrogen) atoms. The summed E-state index contributed by atoms with van der Waals surface area (Å²) >= 11 is 6.46. The molecule has 11 heteroatoms. The number of hydrogen-bond donors (Lipinski definition) is 2. The van der Waals surface area contributed by atoms with Crippen LogP contribution in [0.4, 0.5) is 28.8 Å². The quantitative estimate of drug-likeness (QED) is 0.376. The largest absolute Gasteiger partial charge is 0.494 e. The highest BCUT2D eigenvalue weighted by Gasteiger charge is 2.41. The summed E-state index contributed by atoms with van der Waals surface area (Å²) in [6, 6.07) is 10.6. The second-order valence-electron chi connectivity index (χ2n) is 12.3. The third kappa shape index (κ3) is 5.88. The monoisotopic (exact) mass is 605 g/mol. The number of aromatic nitrogens is 2. The lowest BCUT2D eigenvalue weighted by atomic mass is 10.0. The van der Waals surface area contributed by atoms with E-state index in [9.17, 15) is 0 Å². The zero-order valence-corrected chi connectivity index (χ0v) is 25.9. The van der Waals surface area contributed by atoms with Gasteiger partial charge in [-0.25, -0.2) is 4.98 Å². The van der Waals surface area contributed by atoms with Crippen molar-refractivity contribution in [2.45, 2.75) is 25.8 Å². The highest BCUT2D eigenvalue weighted by molar-refractivity contribution is 6.32. The Labute approximate surface area is 258 Å². The lowest BCUT2D eigenvalue weighted by molar-refractivity contribution is 0.171. The maximum Gasteiger partial charge on any atom is 0.229 e. The summed E-state index contributed by atoms with van der Waals surface area (Å²) in [7, 11) is 3.96. The summed E-state index contributed by atoms with van der Waals surface area (Å²) in [4.78, 5) is 16.9. The van der Waals surface area contributed by atoms with Gasteiger partial charge in [0.25, 0.3) is 0 Å². The Hall–Kier alpha value is -3.47. The number of benzene rings is 2. The first-order valence-corrected chi connectivity index (χ1v) is 15.6. The van der Waals surface area contributed by atoms with Crippen LogP contribution in [0.25, 0.3) is 0 Å². The molecule has 3 saturated heterocycles. The fourth-order valence-electron chi connectivity index (χ4n) is 7.21. The van der Waals surface area contributed by atoms with Gasteiger partial charge in [-0.2, -0.15) is 4.98 Å². The molecule has 2 atom stereocenters. The van der Waals surface area contributed by atoms with E-state index in [-0.39, 0.29) is 0 Å². The van der Waals surface area contributed by atoms with Crippen LogP contribution in [-0.2, 0) is 0 Å². The number of anilines is 5. The SMILES string of the molecule is COc1cc(N2CCC(N3C[C@H]4CN(C)C[C@H]4C3)CC2)c(C)cc1Nc1ncc(Cl)c(Nc2ccc3c(c2)OCCO3)n1. The average Bonchev–Trinajstić information content (AvgIpc) is 3.57. The van der Waals surface area contributed by atoms with E-state index in [0.29, 0.717) is 41.8 Å². The molecule has 228 valence electrons. The van der Waals surface area contributed by atoms with Crippen molar-refractivity contribution in [3.63, 3.8) is 0 Å². The van der Waals surface area contributed by atoms with E-state index in [2.05, 4.69) is 61.4 Å². The van der Waals surface area contributed by atoms with E-state index in [4.69, 9.17) is 25.8 Å². The van der Waals surface area contributed by atoms with Crippen LogP contribution in [0.2, 0.25) is 5.02 Å². The number of ether oxygens (including phenoxy) is 3. The second-order valence-corrected chi connectivity index (χ2v) is 12.7. The minimum absolute atomic E-state index is 0.409. The van der Waals surface area contributed by atoms with E-state index >= 15 is 0 Å². The smallest absolute Gasteiger partial charge is 0.229 e. The molecule has 0 aliphatic carbocycles. The van der Waals surface area contributed by atoms with E-state index in [1.807, 2.05) is 18.2 Å². The number of aryl methyl sites for hydroxylation is 1. The lowest BCUT2D eigenvalue weighted by Gasteiger charge is -2.39. The molecule has 1 aromatic heterocycles. The van der Waals surface area contributed by atoms with E-state index in [0.717, 1.165) is 47.8 Å². The molecule has 0 amide bonds. The number of nitrogens with zero attached hydrogens (tertiary/aromatic N) is 5. The van der Waals surface area contributed by atoms with Gasteiger partial charge in [-0.15, -0.1) is 0 Å². The minimum atomic E-state index is 0.409. The van der Waals surface area contributed by atoms with Crippen molar-refractivity contribution in [1.82, 2.24) is 19.8 Å². The first-order valence-electron chi connectivity index (χ1n) is 15.3. The molecule has 0 saturated carbocycles.